The predicted molar refractivity (Wildman–Crippen MR) is 70.2 cm³/mol. The number of hydrogen-bond donors (Lipinski definition) is 1. The van der Waals surface area contributed by atoms with E-state index in [1.807, 2.05) is 0 Å². The molecule has 5 heteroatoms. The van der Waals surface area contributed by atoms with E-state index in [1.54, 1.807) is 18.2 Å². The maximum atomic E-state index is 11.7. The molecule has 3 fully saturated rings. The van der Waals surface area contributed by atoms with Crippen LogP contribution in [-0.2, 0) is 4.79 Å². The molecule has 3 nitrogen and oxygen atoms in total. The monoisotopic (exact) mass is 285 g/mol. The van der Waals surface area contributed by atoms with Crippen molar-refractivity contribution >= 4 is 29.1 Å². The molecule has 4 rings (SSSR count). The molecule has 1 aromatic rings. The highest BCUT2D eigenvalue weighted by Gasteiger charge is 2.57. The lowest BCUT2D eigenvalue weighted by Crippen LogP contribution is -2.68. The van der Waals surface area contributed by atoms with Gasteiger partial charge in [0.05, 0.1) is 10.0 Å². The van der Waals surface area contributed by atoms with Crippen molar-refractivity contribution in [3.05, 3.63) is 28.2 Å². The van der Waals surface area contributed by atoms with Gasteiger partial charge in [-0.05, 0) is 37.3 Å². The largest absolute Gasteiger partial charge is 0.484 e. The Hall–Kier alpha value is -0.930. The fourth-order valence-corrected chi connectivity index (χ4v) is 2.97. The quantitative estimate of drug-likeness (QED) is 0.924. The van der Waals surface area contributed by atoms with Crippen molar-refractivity contribution in [2.24, 2.45) is 5.92 Å². The topological polar surface area (TPSA) is 38.3 Å². The number of halogens is 2. The molecular formula is C13H13Cl2NO2. The number of ether oxygens (including phenoxy) is 1. The van der Waals surface area contributed by atoms with E-state index >= 15 is 0 Å². The number of benzene rings is 1. The molecule has 0 spiro atoms. The molecule has 1 N–H and O–H groups in total. The molecule has 2 bridgehead atoms. The van der Waals surface area contributed by atoms with Gasteiger partial charge in [0, 0.05) is 11.6 Å². The van der Waals surface area contributed by atoms with Crippen LogP contribution in [0.25, 0.3) is 0 Å². The average molecular weight is 286 g/mol. The third kappa shape index (κ3) is 2.17. The summed E-state index contributed by atoms with van der Waals surface area (Å²) in [5.41, 5.74) is 0.1000. The first-order valence-electron chi connectivity index (χ1n) is 5.95. The van der Waals surface area contributed by atoms with Crippen molar-refractivity contribution in [3.8, 4) is 5.75 Å². The number of carbonyl (C=O) groups is 1. The Kier molecular flexibility index (Phi) is 2.91. The van der Waals surface area contributed by atoms with Crippen LogP contribution >= 0.6 is 23.2 Å². The van der Waals surface area contributed by atoms with E-state index in [1.165, 1.54) is 0 Å². The van der Waals surface area contributed by atoms with Gasteiger partial charge >= 0.3 is 0 Å². The van der Waals surface area contributed by atoms with Gasteiger partial charge in [0.15, 0.2) is 6.61 Å². The van der Waals surface area contributed by atoms with Crippen molar-refractivity contribution < 1.29 is 9.53 Å². The van der Waals surface area contributed by atoms with Crippen LogP contribution in [0.1, 0.15) is 19.3 Å². The van der Waals surface area contributed by atoms with Crippen LogP contribution in [0.2, 0.25) is 10.0 Å². The van der Waals surface area contributed by atoms with Crippen LogP contribution < -0.4 is 10.1 Å². The Bertz CT molecular complexity index is 487. The van der Waals surface area contributed by atoms with E-state index in [0.717, 1.165) is 25.2 Å². The minimum atomic E-state index is -0.0702. The first-order chi connectivity index (χ1) is 8.56. The van der Waals surface area contributed by atoms with Crippen molar-refractivity contribution in [2.45, 2.75) is 24.8 Å². The van der Waals surface area contributed by atoms with Crippen LogP contribution in [0.5, 0.6) is 5.75 Å². The van der Waals surface area contributed by atoms with Crippen molar-refractivity contribution in [3.63, 3.8) is 0 Å². The Morgan fingerprint density at radius 2 is 2.06 bits per heavy atom. The summed E-state index contributed by atoms with van der Waals surface area (Å²) in [6, 6.07) is 4.96. The smallest absolute Gasteiger partial charge is 0.258 e. The number of hydrogen-bond acceptors (Lipinski definition) is 2. The molecule has 0 unspecified atom stereocenters. The Morgan fingerprint density at radius 3 is 2.61 bits per heavy atom. The Balaban J connectivity index is 1.50. The van der Waals surface area contributed by atoms with Gasteiger partial charge < -0.3 is 10.1 Å². The summed E-state index contributed by atoms with van der Waals surface area (Å²) in [5.74, 6) is 1.33. The van der Waals surface area contributed by atoms with Gasteiger partial charge in [-0.25, -0.2) is 0 Å². The lowest BCUT2D eigenvalue weighted by atomic mass is 9.50. The van der Waals surface area contributed by atoms with Crippen LogP contribution in [0, 0.1) is 5.92 Å². The zero-order valence-corrected chi connectivity index (χ0v) is 11.2. The van der Waals surface area contributed by atoms with E-state index in [2.05, 4.69) is 5.32 Å². The number of carbonyl (C=O) groups excluding carboxylic acids is 1. The fraction of sp³-hybridized carbons (Fsp3) is 0.462. The molecule has 3 aliphatic carbocycles. The summed E-state index contributed by atoms with van der Waals surface area (Å²) < 4.78 is 5.38. The molecule has 0 aromatic heterocycles. The van der Waals surface area contributed by atoms with E-state index in [-0.39, 0.29) is 18.1 Å². The molecular weight excluding hydrogens is 273 g/mol. The van der Waals surface area contributed by atoms with Gasteiger partial charge in [-0.1, -0.05) is 23.2 Å². The summed E-state index contributed by atoms with van der Waals surface area (Å²) in [6.07, 6.45) is 3.39. The van der Waals surface area contributed by atoms with E-state index in [0.29, 0.717) is 15.8 Å². The Labute approximate surface area is 115 Å². The van der Waals surface area contributed by atoms with Crippen molar-refractivity contribution in [1.82, 2.24) is 5.32 Å². The highest BCUT2D eigenvalue weighted by Crippen LogP contribution is 2.56. The second-order valence-corrected chi connectivity index (χ2v) is 5.99. The predicted octanol–water partition coefficient (Wildman–Crippen LogP) is 3.04. The second kappa shape index (κ2) is 4.32. The highest BCUT2D eigenvalue weighted by atomic mass is 35.5. The number of nitrogens with one attached hydrogen (secondary N) is 1. The molecule has 3 aliphatic rings. The zero-order chi connectivity index (χ0) is 12.8. The van der Waals surface area contributed by atoms with Gasteiger partial charge in [0.1, 0.15) is 5.75 Å². The van der Waals surface area contributed by atoms with Gasteiger partial charge in [-0.15, -0.1) is 0 Å². The van der Waals surface area contributed by atoms with Crippen molar-refractivity contribution in [1.29, 1.82) is 0 Å². The summed E-state index contributed by atoms with van der Waals surface area (Å²) in [5, 5.41) is 3.93. The lowest BCUT2D eigenvalue weighted by Gasteiger charge is -2.61. The summed E-state index contributed by atoms with van der Waals surface area (Å²) in [6.45, 7) is 0.0182. The standard InChI is InChI=1S/C13H13Cl2NO2/c14-10-2-1-9(3-11(10)15)18-7-12(17)16-13-4-8(5-13)6-13/h1-3,8H,4-7H2,(H,16,17). The highest BCUT2D eigenvalue weighted by molar-refractivity contribution is 6.42. The second-order valence-electron chi connectivity index (χ2n) is 5.17. The van der Waals surface area contributed by atoms with Crippen LogP contribution in [0.4, 0.5) is 0 Å². The zero-order valence-electron chi connectivity index (χ0n) is 9.71. The minimum absolute atomic E-state index is 0.0182. The van der Waals surface area contributed by atoms with Gasteiger partial charge in [0.25, 0.3) is 5.91 Å². The van der Waals surface area contributed by atoms with Crippen LogP contribution in [-0.4, -0.2) is 18.1 Å². The SMILES string of the molecule is O=C(COc1ccc(Cl)c(Cl)c1)NC12CC(C1)C2. The third-order valence-electron chi connectivity index (χ3n) is 3.70. The van der Waals surface area contributed by atoms with Crippen LogP contribution in [0.15, 0.2) is 18.2 Å². The van der Waals surface area contributed by atoms with Crippen LogP contribution in [0.3, 0.4) is 0 Å². The van der Waals surface area contributed by atoms with Gasteiger partial charge in [-0.3, -0.25) is 4.79 Å². The molecule has 0 radical (unpaired) electrons. The molecule has 0 atom stereocenters. The normalized spacial score (nSPS) is 28.0. The molecule has 0 saturated heterocycles. The number of amides is 1. The minimum Gasteiger partial charge on any atom is -0.484 e. The van der Waals surface area contributed by atoms with Gasteiger partial charge in [-0.2, -0.15) is 0 Å². The summed E-state index contributed by atoms with van der Waals surface area (Å²) in [7, 11) is 0. The van der Waals surface area contributed by atoms with E-state index in [4.69, 9.17) is 27.9 Å². The Morgan fingerprint density at radius 1 is 1.33 bits per heavy atom. The lowest BCUT2D eigenvalue weighted by molar-refractivity contribution is -0.134. The first kappa shape index (κ1) is 12.1. The molecule has 3 saturated carbocycles. The molecule has 0 heterocycles. The number of rotatable bonds is 4. The summed E-state index contributed by atoms with van der Waals surface area (Å²) >= 11 is 11.7. The third-order valence-corrected chi connectivity index (χ3v) is 4.44. The van der Waals surface area contributed by atoms with Crippen molar-refractivity contribution in [2.75, 3.05) is 6.61 Å². The average Bonchev–Trinajstić information content (AvgIpc) is 2.23. The van der Waals surface area contributed by atoms with Gasteiger partial charge in [0.2, 0.25) is 0 Å². The molecule has 1 aromatic carbocycles. The first-order valence-corrected chi connectivity index (χ1v) is 6.71. The maximum Gasteiger partial charge on any atom is 0.258 e. The molecule has 0 aliphatic heterocycles. The molecule has 18 heavy (non-hydrogen) atoms. The molecule has 1 amide bonds. The maximum absolute atomic E-state index is 11.7. The fourth-order valence-electron chi connectivity index (χ4n) is 2.68. The van der Waals surface area contributed by atoms with E-state index in [9.17, 15) is 4.79 Å². The summed E-state index contributed by atoms with van der Waals surface area (Å²) in [4.78, 5) is 11.7. The molecule has 96 valence electrons. The van der Waals surface area contributed by atoms with E-state index < -0.39 is 0 Å².